The zero-order valence-corrected chi connectivity index (χ0v) is 14.0. The fourth-order valence-corrected chi connectivity index (χ4v) is 3.18. The molecule has 0 bridgehead atoms. The largest absolute Gasteiger partial charge is 0.490 e. The molecule has 2 heterocycles. The van der Waals surface area contributed by atoms with Gasteiger partial charge < -0.3 is 14.6 Å². The van der Waals surface area contributed by atoms with Crippen LogP contribution in [0.3, 0.4) is 0 Å². The summed E-state index contributed by atoms with van der Waals surface area (Å²) < 4.78 is 42.9. The molecule has 1 aromatic heterocycles. The van der Waals surface area contributed by atoms with E-state index in [1.165, 1.54) is 0 Å². The molecule has 136 valence electrons. The topological polar surface area (TPSA) is 45.3 Å². The van der Waals surface area contributed by atoms with Crippen molar-refractivity contribution >= 4 is 10.8 Å². The van der Waals surface area contributed by atoms with Crippen LogP contribution in [0.4, 0.5) is 13.2 Å². The Bertz CT molecular complexity index is 793. The second-order valence-corrected chi connectivity index (χ2v) is 6.53. The van der Waals surface area contributed by atoms with Gasteiger partial charge in [0.15, 0.2) is 0 Å². The maximum absolute atomic E-state index is 12.3. The number of likely N-dealkylation sites (tertiary alicyclic amines) is 1. The van der Waals surface area contributed by atoms with Crippen LogP contribution in [0.5, 0.6) is 5.75 Å². The molecule has 7 heteroatoms. The van der Waals surface area contributed by atoms with Crippen LogP contribution in [0.25, 0.3) is 10.8 Å². The van der Waals surface area contributed by atoms with Gasteiger partial charge in [-0.05, 0) is 48.9 Å². The summed E-state index contributed by atoms with van der Waals surface area (Å²) in [4.78, 5) is 16.3. The molecule has 0 unspecified atom stereocenters. The molecule has 0 atom stereocenters. The number of aromatic amines is 1. The van der Waals surface area contributed by atoms with E-state index in [0.717, 1.165) is 10.9 Å². The van der Waals surface area contributed by atoms with E-state index in [1.807, 2.05) is 17.9 Å². The number of benzene rings is 1. The van der Waals surface area contributed by atoms with Crippen LogP contribution in [0, 0.1) is 6.92 Å². The van der Waals surface area contributed by atoms with Crippen molar-refractivity contribution in [2.45, 2.75) is 38.5 Å². The number of fused-ring (bicyclic) bond motifs is 1. The average Bonchev–Trinajstić information content (AvgIpc) is 2.57. The zero-order valence-electron chi connectivity index (χ0n) is 14.0. The van der Waals surface area contributed by atoms with Gasteiger partial charge in [-0.3, -0.25) is 4.79 Å². The number of nitrogens with one attached hydrogen (secondary N) is 1. The number of aromatic nitrogens is 1. The minimum atomic E-state index is -4.10. The first-order chi connectivity index (χ1) is 11.8. The van der Waals surface area contributed by atoms with Gasteiger partial charge in [0.1, 0.15) is 11.9 Å². The van der Waals surface area contributed by atoms with Gasteiger partial charge in [-0.2, -0.15) is 13.2 Å². The van der Waals surface area contributed by atoms with Crippen molar-refractivity contribution in [2.75, 3.05) is 19.6 Å². The molecule has 0 saturated carbocycles. The highest BCUT2D eigenvalue weighted by Gasteiger charge is 2.29. The van der Waals surface area contributed by atoms with Crippen LogP contribution in [0.1, 0.15) is 24.8 Å². The molecule has 1 saturated heterocycles. The van der Waals surface area contributed by atoms with E-state index in [4.69, 9.17) is 4.74 Å². The third-order valence-corrected chi connectivity index (χ3v) is 4.63. The Morgan fingerprint density at radius 2 is 1.96 bits per heavy atom. The minimum absolute atomic E-state index is 0.0121. The molecule has 25 heavy (non-hydrogen) atoms. The van der Waals surface area contributed by atoms with Gasteiger partial charge in [-0.1, -0.05) is 0 Å². The minimum Gasteiger partial charge on any atom is -0.490 e. The maximum Gasteiger partial charge on any atom is 0.390 e. The Kier molecular flexibility index (Phi) is 5.03. The number of H-pyrrole nitrogens is 1. The number of piperidine rings is 1. The average molecular weight is 354 g/mol. The number of nitrogens with zero attached hydrogens (tertiary/aromatic N) is 1. The van der Waals surface area contributed by atoms with Crippen molar-refractivity contribution in [2.24, 2.45) is 0 Å². The van der Waals surface area contributed by atoms with E-state index in [0.29, 0.717) is 37.1 Å². The fourth-order valence-electron chi connectivity index (χ4n) is 3.18. The lowest BCUT2D eigenvalue weighted by Gasteiger charge is -2.32. The number of alkyl halides is 3. The van der Waals surface area contributed by atoms with Crippen molar-refractivity contribution in [3.05, 3.63) is 40.3 Å². The Labute approximate surface area is 143 Å². The van der Waals surface area contributed by atoms with Gasteiger partial charge >= 0.3 is 6.18 Å². The molecular formula is C18H21F3N2O2. The quantitative estimate of drug-likeness (QED) is 0.912. The Balaban J connectivity index is 1.60. The molecule has 0 aliphatic carbocycles. The molecular weight excluding hydrogens is 333 g/mol. The lowest BCUT2D eigenvalue weighted by molar-refractivity contribution is -0.138. The van der Waals surface area contributed by atoms with Crippen LogP contribution in [-0.2, 0) is 0 Å². The number of halogens is 3. The van der Waals surface area contributed by atoms with Crippen LogP contribution >= 0.6 is 0 Å². The molecule has 1 fully saturated rings. The molecule has 4 nitrogen and oxygen atoms in total. The second-order valence-electron chi connectivity index (χ2n) is 6.53. The summed E-state index contributed by atoms with van der Waals surface area (Å²) in [5.74, 6) is 0.690. The number of ether oxygens (including phenoxy) is 1. The lowest BCUT2D eigenvalue weighted by Crippen LogP contribution is -2.39. The van der Waals surface area contributed by atoms with Gasteiger partial charge in [-0.15, -0.1) is 0 Å². The molecule has 0 radical (unpaired) electrons. The molecule has 2 aromatic rings. The van der Waals surface area contributed by atoms with Gasteiger partial charge in [0.2, 0.25) is 0 Å². The Morgan fingerprint density at radius 1 is 1.24 bits per heavy atom. The predicted molar refractivity (Wildman–Crippen MR) is 90.1 cm³/mol. The summed E-state index contributed by atoms with van der Waals surface area (Å²) >= 11 is 0. The summed E-state index contributed by atoms with van der Waals surface area (Å²) in [6.07, 6.45) is -1.81. The molecule has 0 spiro atoms. The molecule has 1 N–H and O–H groups in total. The molecule has 1 aromatic carbocycles. The van der Waals surface area contributed by atoms with Crippen molar-refractivity contribution in [3.63, 3.8) is 0 Å². The van der Waals surface area contributed by atoms with Crippen LogP contribution in [0.2, 0.25) is 0 Å². The number of hydrogen-bond acceptors (Lipinski definition) is 3. The third-order valence-electron chi connectivity index (χ3n) is 4.63. The molecule has 1 aliphatic heterocycles. The smallest absolute Gasteiger partial charge is 0.390 e. The van der Waals surface area contributed by atoms with Crippen molar-refractivity contribution < 1.29 is 17.9 Å². The fraction of sp³-hybridized carbons (Fsp3) is 0.500. The summed E-state index contributed by atoms with van der Waals surface area (Å²) in [6, 6.07) is 5.37. The predicted octanol–water partition coefficient (Wildman–Crippen LogP) is 3.63. The SMILES string of the molecule is Cc1c[nH]c(=O)c2ccc(OC3CCN(CCC(F)(F)F)CC3)cc12. The standard InChI is InChI=1S/C18H21F3N2O2/c1-12-11-22-17(24)15-3-2-14(10-16(12)15)25-13-4-7-23(8-5-13)9-6-18(19,20)21/h2-3,10-11,13H,4-9H2,1H3,(H,22,24). The van der Waals surface area contributed by atoms with Crippen LogP contribution in [0.15, 0.2) is 29.2 Å². The third kappa shape index (κ3) is 4.54. The molecule has 0 amide bonds. The molecule has 1 aliphatic rings. The first kappa shape index (κ1) is 17.8. The Morgan fingerprint density at radius 3 is 2.64 bits per heavy atom. The highest BCUT2D eigenvalue weighted by Crippen LogP contribution is 2.25. The summed E-state index contributed by atoms with van der Waals surface area (Å²) in [5.41, 5.74) is 0.826. The normalized spacial score (nSPS) is 17.1. The van der Waals surface area contributed by atoms with Gasteiger partial charge in [0.25, 0.3) is 5.56 Å². The van der Waals surface area contributed by atoms with E-state index in [1.54, 1.807) is 18.3 Å². The van der Waals surface area contributed by atoms with Crippen LogP contribution < -0.4 is 10.3 Å². The monoisotopic (exact) mass is 354 g/mol. The number of aryl methyl sites for hydroxylation is 1. The van der Waals surface area contributed by atoms with E-state index in [2.05, 4.69) is 4.98 Å². The summed E-state index contributed by atoms with van der Waals surface area (Å²) in [5, 5.41) is 1.47. The van der Waals surface area contributed by atoms with Crippen molar-refractivity contribution in [1.29, 1.82) is 0 Å². The summed E-state index contributed by atoms with van der Waals surface area (Å²) in [7, 11) is 0. The van der Waals surface area contributed by atoms with Gasteiger partial charge in [0.05, 0.1) is 6.42 Å². The van der Waals surface area contributed by atoms with E-state index < -0.39 is 12.6 Å². The number of pyridine rings is 1. The number of rotatable bonds is 4. The highest BCUT2D eigenvalue weighted by molar-refractivity contribution is 5.85. The maximum atomic E-state index is 12.3. The first-order valence-electron chi connectivity index (χ1n) is 8.40. The van der Waals surface area contributed by atoms with Crippen molar-refractivity contribution in [1.82, 2.24) is 9.88 Å². The molecule has 3 rings (SSSR count). The van der Waals surface area contributed by atoms with E-state index >= 15 is 0 Å². The van der Waals surface area contributed by atoms with E-state index in [9.17, 15) is 18.0 Å². The summed E-state index contributed by atoms with van der Waals surface area (Å²) in [6.45, 7) is 3.18. The zero-order chi connectivity index (χ0) is 18.0. The van der Waals surface area contributed by atoms with Gasteiger partial charge in [-0.25, -0.2) is 0 Å². The second kappa shape index (κ2) is 7.07. The number of hydrogen-bond donors (Lipinski definition) is 1. The van der Waals surface area contributed by atoms with Gasteiger partial charge in [0, 0.05) is 31.2 Å². The van der Waals surface area contributed by atoms with Crippen molar-refractivity contribution in [3.8, 4) is 5.75 Å². The Hall–Kier alpha value is -2.02. The lowest BCUT2D eigenvalue weighted by atomic mass is 10.1. The van der Waals surface area contributed by atoms with E-state index in [-0.39, 0.29) is 18.2 Å². The highest BCUT2D eigenvalue weighted by atomic mass is 19.4. The first-order valence-corrected chi connectivity index (χ1v) is 8.40. The van der Waals surface area contributed by atoms with Crippen LogP contribution in [-0.4, -0.2) is 41.8 Å².